The number of aryl methyl sites for hydroxylation is 1. The molecule has 3 atom stereocenters. The Balaban J connectivity index is 0.000000730. The van der Waals surface area contributed by atoms with Gasteiger partial charge in [-0.05, 0) is 37.7 Å². The molecule has 1 saturated carbocycles. The molecule has 1 aliphatic heterocycles. The molecule has 1 aliphatic carbocycles. The van der Waals surface area contributed by atoms with Gasteiger partial charge in [0, 0.05) is 31.4 Å². The number of aromatic amines is 1. The molecule has 0 aromatic carbocycles. The lowest BCUT2D eigenvalue weighted by molar-refractivity contribution is -0.134. The zero-order valence-corrected chi connectivity index (χ0v) is 17.2. The highest BCUT2D eigenvalue weighted by atomic mass is 16.3. The van der Waals surface area contributed by atoms with Gasteiger partial charge >= 0.3 is 0 Å². The summed E-state index contributed by atoms with van der Waals surface area (Å²) in [5.41, 5.74) is 2.52. The summed E-state index contributed by atoms with van der Waals surface area (Å²) in [5.74, 6) is 2.16. The van der Waals surface area contributed by atoms with Crippen molar-refractivity contribution < 1.29 is 14.7 Å². The molecule has 1 saturated heterocycles. The van der Waals surface area contributed by atoms with Gasteiger partial charge in [-0.15, -0.1) is 0 Å². The summed E-state index contributed by atoms with van der Waals surface area (Å²) in [7, 11) is 0. The number of fused-ring (bicyclic) bond motifs is 2. The number of hydrogen-bond donors (Lipinski definition) is 3. The van der Waals surface area contributed by atoms with Crippen LogP contribution in [0.15, 0.2) is 31.0 Å². The van der Waals surface area contributed by atoms with Crippen LogP contribution in [0.3, 0.4) is 0 Å². The minimum absolute atomic E-state index is 0.0646. The van der Waals surface area contributed by atoms with Crippen LogP contribution in [-0.2, 0) is 16.1 Å². The van der Waals surface area contributed by atoms with E-state index in [1.165, 1.54) is 0 Å². The molecule has 0 bridgehead atoms. The van der Waals surface area contributed by atoms with Crippen LogP contribution in [0.5, 0.6) is 0 Å². The average molecular weight is 423 g/mol. The van der Waals surface area contributed by atoms with E-state index >= 15 is 0 Å². The Bertz CT molecular complexity index is 1050. The fourth-order valence-electron chi connectivity index (χ4n) is 4.51. The van der Waals surface area contributed by atoms with Crippen LogP contribution in [0.25, 0.3) is 11.0 Å². The number of amides is 1. The molecule has 3 aromatic heterocycles. The normalized spacial score (nSPS) is 22.0. The van der Waals surface area contributed by atoms with Gasteiger partial charge in [-0.1, -0.05) is 0 Å². The number of hydrogen-bond acceptors (Lipinski definition) is 7. The van der Waals surface area contributed by atoms with Crippen molar-refractivity contribution in [2.75, 3.05) is 18.0 Å². The van der Waals surface area contributed by atoms with Gasteiger partial charge in [-0.3, -0.25) is 19.6 Å². The fraction of sp³-hybridized carbons (Fsp3) is 0.429. The van der Waals surface area contributed by atoms with E-state index in [1.807, 2.05) is 19.2 Å². The number of H-pyrrole nitrogens is 1. The molecule has 162 valence electrons. The molecule has 3 N–H and O–H groups in total. The van der Waals surface area contributed by atoms with Gasteiger partial charge in [-0.2, -0.15) is 0 Å². The van der Waals surface area contributed by atoms with E-state index < -0.39 is 0 Å². The van der Waals surface area contributed by atoms with E-state index in [9.17, 15) is 4.79 Å². The third-order valence-electron chi connectivity index (χ3n) is 6.13. The lowest BCUT2D eigenvalue weighted by atomic mass is 9.61. The SMILES string of the molecule is Cc1cnc(CNC(=O)[C@@H]2C[C@H]3CCN(c4ncnc5[nH]ccc45)C[C@H]32)cn1.O=CO. The zero-order valence-electron chi connectivity index (χ0n) is 17.2. The Labute approximate surface area is 179 Å². The largest absolute Gasteiger partial charge is 0.483 e. The fourth-order valence-corrected chi connectivity index (χ4v) is 4.51. The first-order valence-electron chi connectivity index (χ1n) is 10.3. The van der Waals surface area contributed by atoms with Gasteiger partial charge in [0.1, 0.15) is 17.8 Å². The monoisotopic (exact) mass is 423 g/mol. The van der Waals surface area contributed by atoms with E-state index in [0.717, 1.165) is 54.2 Å². The van der Waals surface area contributed by atoms with Crippen LogP contribution < -0.4 is 10.2 Å². The van der Waals surface area contributed by atoms with Gasteiger partial charge in [0.2, 0.25) is 5.91 Å². The van der Waals surface area contributed by atoms with Crippen LogP contribution in [-0.4, -0.2) is 55.5 Å². The summed E-state index contributed by atoms with van der Waals surface area (Å²) in [6.45, 7) is 3.92. The summed E-state index contributed by atoms with van der Waals surface area (Å²) < 4.78 is 0. The Morgan fingerprint density at radius 1 is 1.32 bits per heavy atom. The van der Waals surface area contributed by atoms with E-state index in [4.69, 9.17) is 9.90 Å². The summed E-state index contributed by atoms with van der Waals surface area (Å²) in [6.07, 6.45) is 9.03. The Hall–Kier alpha value is -3.56. The van der Waals surface area contributed by atoms with Crippen molar-refractivity contribution in [1.82, 2.24) is 30.2 Å². The maximum atomic E-state index is 12.7. The molecule has 10 heteroatoms. The van der Waals surface area contributed by atoms with E-state index in [0.29, 0.717) is 18.4 Å². The number of carbonyl (C=O) groups excluding carboxylic acids is 1. The lowest BCUT2D eigenvalue weighted by Crippen LogP contribution is -2.55. The zero-order chi connectivity index (χ0) is 21.8. The number of nitrogens with zero attached hydrogens (tertiary/aromatic N) is 5. The van der Waals surface area contributed by atoms with Crippen LogP contribution in [0, 0.1) is 24.7 Å². The molecular weight excluding hydrogens is 398 g/mol. The first kappa shape index (κ1) is 20.7. The van der Waals surface area contributed by atoms with Gasteiger partial charge in [0.15, 0.2) is 0 Å². The molecule has 0 radical (unpaired) electrons. The highest BCUT2D eigenvalue weighted by Gasteiger charge is 2.47. The molecule has 0 spiro atoms. The van der Waals surface area contributed by atoms with E-state index in [1.54, 1.807) is 18.7 Å². The van der Waals surface area contributed by atoms with Crippen molar-refractivity contribution in [3.05, 3.63) is 42.4 Å². The first-order valence-corrected chi connectivity index (χ1v) is 10.3. The molecule has 10 nitrogen and oxygen atoms in total. The van der Waals surface area contributed by atoms with E-state index in [2.05, 4.69) is 35.1 Å². The molecular formula is C21H25N7O3. The van der Waals surface area contributed by atoms with Crippen molar-refractivity contribution in [3.8, 4) is 0 Å². The van der Waals surface area contributed by atoms with Gasteiger partial charge < -0.3 is 20.3 Å². The summed E-state index contributed by atoms with van der Waals surface area (Å²) >= 11 is 0. The number of carbonyl (C=O) groups is 2. The molecule has 1 amide bonds. The highest BCUT2D eigenvalue weighted by molar-refractivity contribution is 5.87. The van der Waals surface area contributed by atoms with Crippen LogP contribution >= 0.6 is 0 Å². The summed E-state index contributed by atoms with van der Waals surface area (Å²) in [4.78, 5) is 43.9. The van der Waals surface area contributed by atoms with Crippen molar-refractivity contribution in [2.45, 2.75) is 26.3 Å². The quantitative estimate of drug-likeness (QED) is 0.538. The number of piperidine rings is 1. The predicted octanol–water partition coefficient (Wildman–Crippen LogP) is 1.54. The smallest absolute Gasteiger partial charge is 0.290 e. The number of aromatic nitrogens is 5. The maximum Gasteiger partial charge on any atom is 0.290 e. The molecule has 5 rings (SSSR count). The first-order chi connectivity index (χ1) is 15.1. The predicted molar refractivity (Wildman–Crippen MR) is 113 cm³/mol. The third kappa shape index (κ3) is 4.32. The van der Waals surface area contributed by atoms with Crippen molar-refractivity contribution in [2.24, 2.45) is 17.8 Å². The molecule has 0 unspecified atom stereocenters. The standard InChI is InChI=1S/C20H23N7O.CH2O2/c1-12-7-23-14(8-22-12)9-24-20(28)16-6-13-3-5-27(10-17(13)16)19-15-2-4-21-18(15)25-11-26-19;2-1-3/h2,4,7-8,11,13,16-17H,3,5-6,9-10H2,1H3,(H,24,28)(H,21,25,26);1H,(H,2,3)/t13-,16-,17-;/m1./s1. The van der Waals surface area contributed by atoms with Crippen molar-refractivity contribution in [1.29, 1.82) is 0 Å². The molecule has 3 aromatic rings. The summed E-state index contributed by atoms with van der Waals surface area (Å²) in [6, 6.07) is 2.02. The Kier molecular flexibility index (Phi) is 6.06. The minimum Gasteiger partial charge on any atom is -0.483 e. The third-order valence-corrected chi connectivity index (χ3v) is 6.13. The second-order valence-electron chi connectivity index (χ2n) is 7.91. The lowest BCUT2D eigenvalue weighted by Gasteiger charge is -2.50. The average Bonchev–Trinajstić information content (AvgIpc) is 3.24. The molecule has 4 heterocycles. The number of carboxylic acid groups (broad SMARTS) is 1. The van der Waals surface area contributed by atoms with Gasteiger partial charge in [0.05, 0.1) is 29.5 Å². The number of anilines is 1. The molecule has 31 heavy (non-hydrogen) atoms. The Morgan fingerprint density at radius 3 is 2.94 bits per heavy atom. The minimum atomic E-state index is -0.250. The van der Waals surface area contributed by atoms with Gasteiger partial charge in [0.25, 0.3) is 6.47 Å². The van der Waals surface area contributed by atoms with Gasteiger partial charge in [-0.25, -0.2) is 9.97 Å². The second kappa shape index (κ2) is 9.07. The summed E-state index contributed by atoms with van der Waals surface area (Å²) in [5, 5.41) is 11.0. The highest BCUT2D eigenvalue weighted by Crippen LogP contribution is 2.46. The van der Waals surface area contributed by atoms with Crippen molar-refractivity contribution >= 4 is 29.2 Å². The van der Waals surface area contributed by atoms with Crippen LogP contribution in [0.1, 0.15) is 24.2 Å². The maximum absolute atomic E-state index is 12.7. The van der Waals surface area contributed by atoms with E-state index in [-0.39, 0.29) is 18.3 Å². The number of nitrogens with one attached hydrogen (secondary N) is 2. The number of rotatable bonds is 4. The topological polar surface area (TPSA) is 137 Å². The van der Waals surface area contributed by atoms with Crippen molar-refractivity contribution in [3.63, 3.8) is 0 Å². The second-order valence-corrected chi connectivity index (χ2v) is 7.91. The Morgan fingerprint density at radius 2 is 2.16 bits per heavy atom. The van der Waals surface area contributed by atoms with Crippen LogP contribution in [0.4, 0.5) is 5.82 Å². The molecule has 2 fully saturated rings. The molecule has 2 aliphatic rings. The van der Waals surface area contributed by atoms with Crippen LogP contribution in [0.2, 0.25) is 0 Å².